The van der Waals surface area contributed by atoms with E-state index in [-0.39, 0.29) is 28.4 Å². The van der Waals surface area contributed by atoms with Gasteiger partial charge in [0, 0.05) is 47.0 Å². The first-order valence-electron chi connectivity index (χ1n) is 11.9. The number of benzene rings is 1. The Morgan fingerprint density at radius 2 is 1.86 bits per heavy atom. The minimum atomic E-state index is -0.472. The fourth-order valence-electron chi connectivity index (χ4n) is 3.85. The first kappa shape index (κ1) is 27.3. The molecule has 1 atom stereocenters. The minimum absolute atomic E-state index is 0.138. The molecule has 0 saturated heterocycles. The zero-order valence-electron chi connectivity index (χ0n) is 20.8. The first-order chi connectivity index (χ1) is 16.9. The van der Waals surface area contributed by atoms with Crippen LogP contribution in [0.4, 0.5) is 10.1 Å². The summed E-state index contributed by atoms with van der Waals surface area (Å²) in [4.78, 5) is 23.0. The number of hydrogen-bond acceptors (Lipinski definition) is 6. The summed E-state index contributed by atoms with van der Waals surface area (Å²) in [6.07, 6.45) is 9.05. The van der Waals surface area contributed by atoms with Gasteiger partial charge in [0.05, 0.1) is 23.1 Å². The van der Waals surface area contributed by atoms with Gasteiger partial charge in [-0.15, -0.1) is 0 Å². The number of halogens is 1. The van der Waals surface area contributed by atoms with Crippen LogP contribution in [-0.4, -0.2) is 15.0 Å². The van der Waals surface area contributed by atoms with Gasteiger partial charge in [0.2, 0.25) is 5.56 Å². The number of nitrogens with zero attached hydrogens (tertiary/aromatic N) is 2. The largest absolute Gasteiger partial charge is 0.401 e. The normalized spacial score (nSPS) is 15.5. The fraction of sp³-hybridized carbons (Fsp3) is 0.296. The second kappa shape index (κ2) is 13.1. The monoisotopic (exact) mass is 478 g/mol. The number of nitrogens with one attached hydrogen (secondary N) is 1. The molecule has 1 aromatic carbocycles. The zero-order valence-corrected chi connectivity index (χ0v) is 20.8. The van der Waals surface area contributed by atoms with E-state index in [0.717, 1.165) is 36.1 Å². The van der Waals surface area contributed by atoms with Crippen LogP contribution in [0.3, 0.4) is 0 Å². The molecule has 1 aliphatic rings. The Bertz CT molecular complexity index is 1210. The zero-order chi connectivity index (χ0) is 26.0. The summed E-state index contributed by atoms with van der Waals surface area (Å²) < 4.78 is 14.2. The lowest BCUT2D eigenvalue weighted by atomic mass is 9.84. The van der Waals surface area contributed by atoms with Gasteiger partial charge in [-0.2, -0.15) is 0 Å². The average Bonchev–Trinajstić information content (AvgIpc) is 2.88. The lowest BCUT2D eigenvalue weighted by molar-refractivity contribution is 0.590. The van der Waals surface area contributed by atoms with E-state index in [4.69, 9.17) is 22.2 Å². The Hall–Kier alpha value is -3.94. The second-order valence-electron chi connectivity index (χ2n) is 7.50. The Morgan fingerprint density at radius 3 is 2.51 bits per heavy atom. The van der Waals surface area contributed by atoms with Crippen LogP contribution >= 0.6 is 0 Å². The van der Waals surface area contributed by atoms with Gasteiger partial charge in [-0.3, -0.25) is 9.78 Å². The molecule has 3 aromatic rings. The summed E-state index contributed by atoms with van der Waals surface area (Å²) in [5.41, 5.74) is 22.7. The van der Waals surface area contributed by atoms with Crippen LogP contribution in [0, 0.1) is 5.82 Å². The molecule has 0 amide bonds. The lowest BCUT2D eigenvalue weighted by Crippen LogP contribution is -2.19. The molecule has 8 heteroatoms. The van der Waals surface area contributed by atoms with Gasteiger partial charge in [0.15, 0.2) is 0 Å². The maximum absolute atomic E-state index is 14.2. The average molecular weight is 479 g/mol. The van der Waals surface area contributed by atoms with Crippen LogP contribution in [0.2, 0.25) is 0 Å². The van der Waals surface area contributed by atoms with Crippen molar-refractivity contribution in [3.63, 3.8) is 0 Å². The summed E-state index contributed by atoms with van der Waals surface area (Å²) in [6, 6.07) is 7.61. The maximum atomic E-state index is 14.2. The van der Waals surface area contributed by atoms with Gasteiger partial charge in [-0.05, 0) is 49.1 Å². The van der Waals surface area contributed by atoms with Crippen molar-refractivity contribution in [2.24, 2.45) is 11.5 Å². The number of anilines is 1. The van der Waals surface area contributed by atoms with Crippen LogP contribution in [0.1, 0.15) is 64.1 Å². The van der Waals surface area contributed by atoms with Gasteiger partial charge < -0.3 is 22.2 Å². The van der Waals surface area contributed by atoms with Gasteiger partial charge in [-0.1, -0.05) is 33.8 Å². The van der Waals surface area contributed by atoms with Crippen molar-refractivity contribution in [2.45, 2.75) is 52.9 Å². The molecular weight excluding hydrogens is 443 g/mol. The van der Waals surface area contributed by atoms with E-state index in [1.165, 1.54) is 12.1 Å². The summed E-state index contributed by atoms with van der Waals surface area (Å²) >= 11 is 0. The van der Waals surface area contributed by atoms with Gasteiger partial charge >= 0.3 is 0 Å². The molecule has 186 valence electrons. The first-order valence-corrected chi connectivity index (χ1v) is 11.9. The van der Waals surface area contributed by atoms with Gasteiger partial charge in [0.1, 0.15) is 5.82 Å². The van der Waals surface area contributed by atoms with Crippen molar-refractivity contribution in [3.05, 3.63) is 93.7 Å². The van der Waals surface area contributed by atoms with Crippen LogP contribution in [-0.2, 0) is 0 Å². The molecule has 0 aliphatic heterocycles. The number of rotatable bonds is 4. The number of nitrogens with two attached hydrogens (primary N) is 3. The van der Waals surface area contributed by atoms with E-state index in [9.17, 15) is 9.18 Å². The number of pyridine rings is 1. The predicted octanol–water partition coefficient (Wildman–Crippen LogP) is 5.09. The van der Waals surface area contributed by atoms with Crippen molar-refractivity contribution in [1.82, 2.24) is 15.0 Å². The number of nitrogen functional groups attached to an aromatic ring is 1. The molecule has 2 aromatic heterocycles. The molecule has 2 heterocycles. The summed E-state index contributed by atoms with van der Waals surface area (Å²) in [5.74, 6) is -0.610. The molecule has 0 radical (unpaired) electrons. The standard InChI is InChI=1S/C23H23FN6O.2C2H6/c24-16-5-2-6-17(25)22(16)18(26)9-13-3-1-4-15(23(13)27)20-12-28-11-19(30-20)14-7-8-21(31)29-10-14;2*1-2/h2,5-12,15H,1,3-4,25-27H2,(H,29,31);2*1-2H3/b18-9-;;. The van der Waals surface area contributed by atoms with Crippen LogP contribution in [0.5, 0.6) is 0 Å². The summed E-state index contributed by atoms with van der Waals surface area (Å²) in [7, 11) is 0. The Morgan fingerprint density at radius 1 is 1.11 bits per heavy atom. The molecule has 1 aliphatic carbocycles. The number of H-pyrrole nitrogens is 1. The highest BCUT2D eigenvalue weighted by atomic mass is 19.1. The molecule has 7 nitrogen and oxygen atoms in total. The Kier molecular flexibility index (Phi) is 10.2. The number of aromatic amines is 1. The predicted molar refractivity (Wildman–Crippen MR) is 142 cm³/mol. The third-order valence-electron chi connectivity index (χ3n) is 5.44. The molecule has 0 bridgehead atoms. The molecule has 4 rings (SSSR count). The van der Waals surface area contributed by atoms with Crippen molar-refractivity contribution >= 4 is 11.4 Å². The van der Waals surface area contributed by atoms with E-state index in [1.807, 2.05) is 27.7 Å². The van der Waals surface area contributed by atoms with Crippen LogP contribution < -0.4 is 22.8 Å². The molecule has 0 spiro atoms. The third-order valence-corrected chi connectivity index (χ3v) is 5.44. The van der Waals surface area contributed by atoms with Crippen molar-refractivity contribution < 1.29 is 4.39 Å². The Labute approximate surface area is 206 Å². The fourth-order valence-corrected chi connectivity index (χ4v) is 3.85. The van der Waals surface area contributed by atoms with Crippen LogP contribution in [0.25, 0.3) is 17.0 Å². The van der Waals surface area contributed by atoms with E-state index < -0.39 is 5.82 Å². The Balaban J connectivity index is 0.00000103. The highest BCUT2D eigenvalue weighted by molar-refractivity contribution is 5.75. The van der Waals surface area contributed by atoms with Crippen molar-refractivity contribution in [2.75, 3.05) is 5.73 Å². The topological polar surface area (TPSA) is 137 Å². The molecular formula is C27H35FN6O. The van der Waals surface area contributed by atoms with Crippen molar-refractivity contribution in [1.29, 1.82) is 0 Å². The molecule has 0 fully saturated rings. The molecule has 0 saturated carbocycles. The summed E-state index contributed by atoms with van der Waals surface area (Å²) in [5, 5.41) is 0. The highest BCUT2D eigenvalue weighted by Gasteiger charge is 2.24. The van der Waals surface area contributed by atoms with E-state index in [1.54, 1.807) is 42.9 Å². The highest BCUT2D eigenvalue weighted by Crippen LogP contribution is 2.36. The van der Waals surface area contributed by atoms with Crippen LogP contribution in [0.15, 0.2) is 71.1 Å². The number of allylic oxidation sites excluding steroid dienone is 3. The third kappa shape index (κ3) is 6.56. The van der Waals surface area contributed by atoms with Gasteiger partial charge in [0.25, 0.3) is 0 Å². The second-order valence-corrected chi connectivity index (χ2v) is 7.50. The van der Waals surface area contributed by atoms with E-state index >= 15 is 0 Å². The van der Waals surface area contributed by atoms with Crippen molar-refractivity contribution in [3.8, 4) is 11.3 Å². The number of aromatic nitrogens is 3. The van der Waals surface area contributed by atoms with E-state index in [0.29, 0.717) is 11.4 Å². The summed E-state index contributed by atoms with van der Waals surface area (Å²) in [6.45, 7) is 8.00. The molecule has 7 N–H and O–H groups in total. The molecule has 1 unspecified atom stereocenters. The maximum Gasteiger partial charge on any atom is 0.247 e. The van der Waals surface area contributed by atoms with E-state index in [2.05, 4.69) is 9.97 Å². The minimum Gasteiger partial charge on any atom is -0.401 e. The SMILES string of the molecule is CC.CC.NC1=C(/C=C(\N)c2c(N)cccc2F)CCCC1c1cncc(-c2ccc(=O)[nH]c2)n1. The van der Waals surface area contributed by atoms with Gasteiger partial charge in [-0.25, -0.2) is 9.37 Å². The smallest absolute Gasteiger partial charge is 0.247 e. The quantitative estimate of drug-likeness (QED) is 0.386. The number of hydrogen-bond donors (Lipinski definition) is 4. The molecule has 35 heavy (non-hydrogen) atoms. The lowest BCUT2D eigenvalue weighted by Gasteiger charge is -2.25.